The van der Waals surface area contributed by atoms with Gasteiger partial charge in [0.1, 0.15) is 11.5 Å². The minimum absolute atomic E-state index is 0.272. The van der Waals surface area contributed by atoms with E-state index < -0.39 is 156 Å². The van der Waals surface area contributed by atoms with Crippen molar-refractivity contribution in [3.8, 4) is 45.3 Å². The zero-order valence-corrected chi connectivity index (χ0v) is 27.1. The van der Waals surface area contributed by atoms with Crippen LogP contribution in [0.2, 0.25) is 0 Å². The van der Waals surface area contributed by atoms with Crippen molar-refractivity contribution in [3.63, 3.8) is 0 Å². The first-order chi connectivity index (χ1) is 27.2. The second-order valence-electron chi connectivity index (χ2n) is 11.4. The fraction of sp³-hybridized carbons (Fsp3) is 0. The summed E-state index contributed by atoms with van der Waals surface area (Å²) in [6.45, 7) is 0. The minimum atomic E-state index is -2.77. The van der Waals surface area contributed by atoms with Gasteiger partial charge in [0.05, 0.1) is 22.3 Å². The normalized spacial score (nSPS) is 11.3. The number of hydrogen-bond acceptors (Lipinski definition) is 3. The van der Waals surface area contributed by atoms with E-state index in [1.807, 2.05) is 0 Å². The van der Waals surface area contributed by atoms with Crippen molar-refractivity contribution in [1.29, 1.82) is 0 Å². The average molecular weight is 842 g/mol. The van der Waals surface area contributed by atoms with Crippen molar-refractivity contribution >= 4 is 5.78 Å². The molecule has 0 saturated carbocycles. The summed E-state index contributed by atoms with van der Waals surface area (Å²) < 4.78 is 266. The molecule has 6 aromatic carbocycles. The highest BCUT2D eigenvalue weighted by atomic mass is 19.2. The Balaban J connectivity index is 1.23. The van der Waals surface area contributed by atoms with Crippen LogP contribution in [-0.4, -0.2) is 5.78 Å². The zero-order chi connectivity index (χ0) is 42.8. The number of hydrogen-bond donors (Lipinski definition) is 0. The van der Waals surface area contributed by atoms with Gasteiger partial charge in [-0.25, -0.2) is 61.5 Å². The molecule has 0 aliphatic heterocycles. The Morgan fingerprint density at radius 1 is 0.276 bits per heavy atom. The Morgan fingerprint density at radius 2 is 0.466 bits per heavy atom. The van der Waals surface area contributed by atoms with Crippen molar-refractivity contribution in [2.24, 2.45) is 0 Å². The molecular weight excluding hydrogens is 834 g/mol. The molecule has 0 heterocycles. The smallest absolute Gasteiger partial charge is 0.205 e. The Bertz CT molecular complexity index is 2420. The summed E-state index contributed by atoms with van der Waals surface area (Å²) >= 11 is 0. The summed E-state index contributed by atoms with van der Waals surface area (Å²) in [4.78, 5) is 13.0. The van der Waals surface area contributed by atoms with E-state index in [1.165, 1.54) is 0 Å². The van der Waals surface area contributed by atoms with Crippen LogP contribution in [0.4, 0.5) is 79.0 Å². The van der Waals surface area contributed by atoms with Gasteiger partial charge < -0.3 is 9.47 Å². The molecule has 0 unspecified atom stereocenters. The molecule has 6 aromatic rings. The number of halogens is 18. The molecule has 0 bridgehead atoms. The van der Waals surface area contributed by atoms with Gasteiger partial charge in [-0.1, -0.05) is 0 Å². The predicted molar refractivity (Wildman–Crippen MR) is 159 cm³/mol. The van der Waals surface area contributed by atoms with Crippen molar-refractivity contribution in [2.45, 2.75) is 0 Å². The third kappa shape index (κ3) is 6.48. The van der Waals surface area contributed by atoms with Crippen LogP contribution in [0.15, 0.2) is 48.5 Å². The molecule has 0 fully saturated rings. The lowest BCUT2D eigenvalue weighted by Gasteiger charge is -2.15. The minimum Gasteiger partial charge on any atom is -0.451 e. The topological polar surface area (TPSA) is 35.5 Å². The highest BCUT2D eigenvalue weighted by molar-refractivity contribution is 6.09. The summed E-state index contributed by atoms with van der Waals surface area (Å²) in [5.74, 6) is -53.9. The second kappa shape index (κ2) is 15.0. The van der Waals surface area contributed by atoms with Crippen LogP contribution in [0.5, 0.6) is 23.0 Å². The Kier molecular flexibility index (Phi) is 10.6. The first kappa shape index (κ1) is 41.0. The molecule has 0 N–H and O–H groups in total. The van der Waals surface area contributed by atoms with Gasteiger partial charge in [0, 0.05) is 11.1 Å². The molecule has 0 aliphatic rings. The third-order valence-electron chi connectivity index (χ3n) is 8.04. The van der Waals surface area contributed by atoms with Gasteiger partial charge in [-0.3, -0.25) is 4.79 Å². The van der Waals surface area contributed by atoms with Crippen LogP contribution < -0.4 is 9.47 Å². The third-order valence-corrected chi connectivity index (χ3v) is 8.04. The molecule has 0 amide bonds. The lowest BCUT2D eigenvalue weighted by Crippen LogP contribution is -2.09. The lowest BCUT2D eigenvalue weighted by atomic mass is 10.0. The summed E-state index contributed by atoms with van der Waals surface area (Å²) in [6.07, 6.45) is 0. The van der Waals surface area contributed by atoms with E-state index in [-0.39, 0.29) is 11.1 Å². The number of ether oxygens (including phenoxy) is 2. The monoisotopic (exact) mass is 842 g/mol. The van der Waals surface area contributed by atoms with Gasteiger partial charge in [0.2, 0.25) is 46.4 Å². The van der Waals surface area contributed by atoms with Crippen LogP contribution in [-0.2, 0) is 0 Å². The summed E-state index contributed by atoms with van der Waals surface area (Å²) in [7, 11) is 0. The van der Waals surface area contributed by atoms with E-state index in [9.17, 15) is 83.8 Å². The van der Waals surface area contributed by atoms with Crippen LogP contribution >= 0.6 is 0 Å². The second-order valence-corrected chi connectivity index (χ2v) is 11.4. The SMILES string of the molecule is O=C(c1ccc(Oc2c(F)c(F)c(-c3c(F)c(F)c(F)c(F)c3F)c(F)c2F)cc1)c1ccc(Oc2c(F)c(F)c(-c3c(F)c(F)c(F)c(F)c3F)c(F)c2F)cc1. The van der Waals surface area contributed by atoms with Crippen LogP contribution in [0.25, 0.3) is 22.3 Å². The van der Waals surface area contributed by atoms with Gasteiger partial charge in [-0.05, 0) is 48.5 Å². The maximum Gasteiger partial charge on any atom is 0.205 e. The predicted octanol–water partition coefficient (Wildman–Crippen LogP) is 12.3. The fourth-order valence-electron chi connectivity index (χ4n) is 5.24. The number of rotatable bonds is 8. The zero-order valence-electron chi connectivity index (χ0n) is 27.1. The van der Waals surface area contributed by atoms with E-state index in [4.69, 9.17) is 9.47 Å². The molecule has 0 atom stereocenters. The van der Waals surface area contributed by atoms with E-state index in [1.54, 1.807) is 0 Å². The highest BCUT2D eigenvalue weighted by Gasteiger charge is 2.37. The molecule has 300 valence electrons. The molecule has 0 spiro atoms. The maximum absolute atomic E-state index is 14.8. The standard InChI is InChI=1S/C37H8F18O3/c38-17-13(18(39)26(47)29(50)25(17)46)15-21(42)31(52)36(32(53)22(15)43)57-11-5-1-9(2-6-11)35(56)10-3-7-12(8-4-10)58-37-33(54)23(44)16(24(45)34(37)55)14-19(40)27(48)30(51)28(49)20(14)41/h1-8H. The molecule has 21 heteroatoms. The van der Waals surface area contributed by atoms with Crippen LogP contribution in [0, 0.1) is 105 Å². The van der Waals surface area contributed by atoms with E-state index in [0.29, 0.717) is 0 Å². The van der Waals surface area contributed by atoms with Crippen molar-refractivity contribution in [3.05, 3.63) is 164 Å². The van der Waals surface area contributed by atoms with E-state index in [2.05, 4.69) is 0 Å². The summed E-state index contributed by atoms with van der Waals surface area (Å²) in [5, 5.41) is 0. The average Bonchev–Trinajstić information content (AvgIpc) is 3.22. The van der Waals surface area contributed by atoms with Crippen molar-refractivity contribution in [1.82, 2.24) is 0 Å². The Labute approximate surface area is 308 Å². The molecule has 58 heavy (non-hydrogen) atoms. The Morgan fingerprint density at radius 3 is 0.690 bits per heavy atom. The number of carbonyl (C=O) groups excluding carboxylic acids is 1. The van der Waals surface area contributed by atoms with Crippen LogP contribution in [0.3, 0.4) is 0 Å². The Hall–Kier alpha value is -6.67. The molecular formula is C37H8F18O3. The highest BCUT2D eigenvalue weighted by Crippen LogP contribution is 2.43. The molecule has 0 radical (unpaired) electrons. The molecule has 0 aliphatic carbocycles. The quantitative estimate of drug-likeness (QED) is 0.0663. The van der Waals surface area contributed by atoms with Gasteiger partial charge in [-0.2, -0.15) is 17.6 Å². The lowest BCUT2D eigenvalue weighted by molar-refractivity contribution is 0.103. The van der Waals surface area contributed by atoms with Gasteiger partial charge in [0.15, 0.2) is 75.6 Å². The van der Waals surface area contributed by atoms with Gasteiger partial charge in [0.25, 0.3) is 0 Å². The van der Waals surface area contributed by atoms with E-state index in [0.717, 1.165) is 48.5 Å². The van der Waals surface area contributed by atoms with Gasteiger partial charge in [-0.15, -0.1) is 0 Å². The fourth-order valence-corrected chi connectivity index (χ4v) is 5.24. The molecule has 3 nitrogen and oxygen atoms in total. The van der Waals surface area contributed by atoms with E-state index >= 15 is 0 Å². The largest absolute Gasteiger partial charge is 0.451 e. The van der Waals surface area contributed by atoms with Crippen molar-refractivity contribution in [2.75, 3.05) is 0 Å². The van der Waals surface area contributed by atoms with Crippen molar-refractivity contribution < 1.29 is 93.3 Å². The first-order valence-corrected chi connectivity index (χ1v) is 15.1. The molecule has 6 rings (SSSR count). The number of ketones is 1. The molecule has 0 aromatic heterocycles. The summed E-state index contributed by atoms with van der Waals surface area (Å²) in [5.41, 5.74) is -9.80. The maximum atomic E-state index is 14.8. The first-order valence-electron chi connectivity index (χ1n) is 15.1. The van der Waals surface area contributed by atoms with Crippen LogP contribution in [0.1, 0.15) is 15.9 Å². The number of benzene rings is 6. The summed E-state index contributed by atoms with van der Waals surface area (Å²) in [6, 6.07) is 6.77. The number of carbonyl (C=O) groups is 1. The van der Waals surface area contributed by atoms with Gasteiger partial charge >= 0.3 is 0 Å². The molecule has 0 saturated heterocycles.